The largest absolute Gasteiger partial charge is 0.494 e. The second-order valence-corrected chi connectivity index (χ2v) is 7.93. The fourth-order valence-corrected chi connectivity index (χ4v) is 3.85. The number of aromatic nitrogens is 1. The maximum atomic E-state index is 13.5. The van der Waals surface area contributed by atoms with E-state index in [1.165, 1.54) is 37.1 Å². The van der Waals surface area contributed by atoms with Gasteiger partial charge in [0.15, 0.2) is 11.5 Å². The van der Waals surface area contributed by atoms with Crippen molar-refractivity contribution >= 4 is 22.4 Å². The zero-order chi connectivity index (χ0) is 26.7. The molecule has 0 saturated carbocycles. The fourth-order valence-electron chi connectivity index (χ4n) is 3.85. The molecule has 0 aliphatic heterocycles. The zero-order valence-corrected chi connectivity index (χ0v) is 20.2. The Kier molecular flexibility index (Phi) is 7.10. The molecular weight excluding hydrogens is 489 g/mol. The van der Waals surface area contributed by atoms with Crippen molar-refractivity contribution in [3.63, 3.8) is 0 Å². The van der Waals surface area contributed by atoms with Crippen molar-refractivity contribution in [1.29, 1.82) is 0 Å². The third-order valence-electron chi connectivity index (χ3n) is 5.66. The predicted octanol–water partition coefficient (Wildman–Crippen LogP) is 5.68. The molecule has 0 aliphatic carbocycles. The molecule has 1 heterocycles. The maximum Gasteiger partial charge on any atom is 0.416 e. The molecule has 1 amide bonds. The van der Waals surface area contributed by atoms with Crippen molar-refractivity contribution in [2.24, 2.45) is 0 Å². The topological polar surface area (TPSA) is 78.8 Å². The SMILES string of the molecule is CCOc1ccc(-n2cc(C(=O)Nc3ccc(C(F)(F)F)cc3)c3cc(OC)c(OC)cc3c2=O)cc1. The second kappa shape index (κ2) is 10.3. The number of carbonyl (C=O) groups excluding carboxylic acids is 1. The van der Waals surface area contributed by atoms with Crippen LogP contribution in [0.4, 0.5) is 18.9 Å². The van der Waals surface area contributed by atoms with Crippen LogP contribution in [0.3, 0.4) is 0 Å². The summed E-state index contributed by atoms with van der Waals surface area (Å²) in [6.45, 7) is 2.33. The quantitative estimate of drug-likeness (QED) is 0.345. The van der Waals surface area contributed by atoms with Crippen LogP contribution in [0.5, 0.6) is 17.2 Å². The van der Waals surface area contributed by atoms with Gasteiger partial charge in [0.05, 0.1) is 37.3 Å². The van der Waals surface area contributed by atoms with Gasteiger partial charge in [0, 0.05) is 23.0 Å². The highest BCUT2D eigenvalue weighted by Gasteiger charge is 2.30. The molecule has 0 aliphatic rings. The number of ether oxygens (including phenoxy) is 3. The third-order valence-corrected chi connectivity index (χ3v) is 5.66. The minimum Gasteiger partial charge on any atom is -0.494 e. The minimum atomic E-state index is -4.50. The van der Waals surface area contributed by atoms with Crippen LogP contribution in [0.1, 0.15) is 22.8 Å². The van der Waals surface area contributed by atoms with Crippen LogP contribution in [-0.4, -0.2) is 31.3 Å². The van der Waals surface area contributed by atoms with Crippen LogP contribution >= 0.6 is 0 Å². The molecule has 0 atom stereocenters. The van der Waals surface area contributed by atoms with Gasteiger partial charge in [0.25, 0.3) is 11.5 Å². The highest BCUT2D eigenvalue weighted by molar-refractivity contribution is 6.13. The lowest BCUT2D eigenvalue weighted by atomic mass is 10.0. The number of benzene rings is 3. The summed E-state index contributed by atoms with van der Waals surface area (Å²) in [5.74, 6) is 0.589. The van der Waals surface area contributed by atoms with Crippen LogP contribution in [-0.2, 0) is 6.18 Å². The van der Waals surface area contributed by atoms with Gasteiger partial charge in [-0.25, -0.2) is 0 Å². The van der Waals surface area contributed by atoms with Crippen LogP contribution in [0.25, 0.3) is 16.5 Å². The van der Waals surface area contributed by atoms with E-state index in [4.69, 9.17) is 14.2 Å². The summed E-state index contributed by atoms with van der Waals surface area (Å²) in [4.78, 5) is 26.8. The van der Waals surface area contributed by atoms with E-state index in [1.54, 1.807) is 24.3 Å². The Balaban J connectivity index is 1.85. The van der Waals surface area contributed by atoms with E-state index in [0.717, 1.165) is 24.3 Å². The summed E-state index contributed by atoms with van der Waals surface area (Å²) < 4.78 is 56.2. The predicted molar refractivity (Wildman–Crippen MR) is 133 cm³/mol. The van der Waals surface area contributed by atoms with Crippen LogP contribution in [0.15, 0.2) is 71.7 Å². The fraction of sp³-hybridized carbons (Fsp3) is 0.185. The Labute approximate surface area is 210 Å². The Morgan fingerprint density at radius 2 is 1.51 bits per heavy atom. The van der Waals surface area contributed by atoms with E-state index in [-0.39, 0.29) is 22.0 Å². The molecule has 4 rings (SSSR count). The van der Waals surface area contributed by atoms with E-state index >= 15 is 0 Å². The third kappa shape index (κ3) is 5.23. The summed E-state index contributed by atoms with van der Waals surface area (Å²) in [7, 11) is 2.85. The van der Waals surface area contributed by atoms with Gasteiger partial charge in [-0.05, 0) is 67.6 Å². The number of nitrogens with zero attached hydrogens (tertiary/aromatic N) is 1. The van der Waals surface area contributed by atoms with Gasteiger partial charge < -0.3 is 19.5 Å². The molecule has 0 unspecified atom stereocenters. The lowest BCUT2D eigenvalue weighted by Crippen LogP contribution is -2.23. The van der Waals surface area contributed by atoms with Crippen molar-refractivity contribution in [1.82, 2.24) is 4.57 Å². The smallest absolute Gasteiger partial charge is 0.416 e. The Hall–Kier alpha value is -4.47. The minimum absolute atomic E-state index is 0.101. The molecule has 192 valence electrons. The zero-order valence-electron chi connectivity index (χ0n) is 20.2. The molecule has 1 N–H and O–H groups in total. The number of hydrogen-bond acceptors (Lipinski definition) is 5. The number of amides is 1. The van der Waals surface area contributed by atoms with E-state index < -0.39 is 23.2 Å². The first-order chi connectivity index (χ1) is 17.7. The number of pyridine rings is 1. The molecule has 37 heavy (non-hydrogen) atoms. The molecule has 0 fully saturated rings. The molecule has 3 aromatic carbocycles. The molecule has 0 radical (unpaired) electrons. The van der Waals surface area contributed by atoms with Gasteiger partial charge in [0.1, 0.15) is 5.75 Å². The number of rotatable bonds is 7. The number of fused-ring (bicyclic) bond motifs is 1. The van der Waals surface area contributed by atoms with E-state index in [2.05, 4.69) is 5.32 Å². The Morgan fingerprint density at radius 3 is 2.05 bits per heavy atom. The summed E-state index contributed by atoms with van der Waals surface area (Å²) in [6, 6.07) is 13.8. The number of hydrogen-bond donors (Lipinski definition) is 1. The van der Waals surface area contributed by atoms with Gasteiger partial charge in [-0.1, -0.05) is 0 Å². The first-order valence-electron chi connectivity index (χ1n) is 11.2. The normalized spacial score (nSPS) is 11.3. The summed E-state index contributed by atoms with van der Waals surface area (Å²) in [5.41, 5.74) is -0.508. The molecule has 0 spiro atoms. The summed E-state index contributed by atoms with van der Waals surface area (Å²) >= 11 is 0. The van der Waals surface area contributed by atoms with Crippen molar-refractivity contribution in [3.8, 4) is 22.9 Å². The lowest BCUT2D eigenvalue weighted by molar-refractivity contribution is -0.137. The number of alkyl halides is 3. The maximum absolute atomic E-state index is 13.5. The van der Waals surface area contributed by atoms with Crippen LogP contribution in [0, 0.1) is 0 Å². The average Bonchev–Trinajstić information content (AvgIpc) is 2.88. The highest BCUT2D eigenvalue weighted by atomic mass is 19.4. The van der Waals surface area contributed by atoms with Crippen LogP contribution in [0.2, 0.25) is 0 Å². The monoisotopic (exact) mass is 512 g/mol. The number of anilines is 1. The highest BCUT2D eigenvalue weighted by Crippen LogP contribution is 2.33. The standard InChI is InChI=1S/C27H23F3N2O5/c1-4-37-19-11-9-18(10-12-19)32-15-22(20-13-23(35-2)24(36-3)14-21(20)26(32)34)25(33)31-17-7-5-16(6-8-17)27(28,29)30/h5-15H,4H2,1-3H3,(H,31,33). The molecule has 0 saturated heterocycles. The van der Waals surface area contributed by atoms with Crippen molar-refractivity contribution in [2.45, 2.75) is 13.1 Å². The van der Waals surface area contributed by atoms with Crippen LogP contribution < -0.4 is 25.1 Å². The van der Waals surface area contributed by atoms with Crippen molar-refractivity contribution in [3.05, 3.63) is 88.3 Å². The summed E-state index contributed by atoms with van der Waals surface area (Å²) in [6.07, 6.45) is -3.12. The van der Waals surface area contributed by atoms with E-state index in [1.807, 2.05) is 6.92 Å². The Morgan fingerprint density at radius 1 is 0.919 bits per heavy atom. The van der Waals surface area contributed by atoms with Crippen molar-refractivity contribution in [2.75, 3.05) is 26.1 Å². The number of nitrogens with one attached hydrogen (secondary N) is 1. The Bertz CT molecular complexity index is 1490. The number of carbonyl (C=O) groups is 1. The molecule has 7 nitrogen and oxygen atoms in total. The van der Waals surface area contributed by atoms with Gasteiger partial charge in [-0.15, -0.1) is 0 Å². The first kappa shape index (κ1) is 25.6. The molecular formula is C27H23F3N2O5. The van der Waals surface area contributed by atoms with Gasteiger partial charge in [-0.3, -0.25) is 14.2 Å². The van der Waals surface area contributed by atoms with E-state index in [9.17, 15) is 22.8 Å². The first-order valence-corrected chi connectivity index (χ1v) is 11.2. The van der Waals surface area contributed by atoms with Gasteiger partial charge in [-0.2, -0.15) is 13.2 Å². The van der Waals surface area contributed by atoms with Crippen molar-refractivity contribution < 1.29 is 32.2 Å². The summed E-state index contributed by atoms with van der Waals surface area (Å²) in [5, 5.41) is 3.08. The number of halogens is 3. The molecule has 1 aromatic heterocycles. The van der Waals surface area contributed by atoms with Gasteiger partial charge >= 0.3 is 6.18 Å². The molecule has 4 aromatic rings. The van der Waals surface area contributed by atoms with E-state index in [0.29, 0.717) is 29.5 Å². The molecule has 10 heteroatoms. The average molecular weight is 512 g/mol. The number of methoxy groups -OCH3 is 2. The molecule has 0 bridgehead atoms. The van der Waals surface area contributed by atoms with Gasteiger partial charge in [0.2, 0.25) is 0 Å². The second-order valence-electron chi connectivity index (χ2n) is 7.93. The lowest BCUT2D eigenvalue weighted by Gasteiger charge is -2.16.